The number of benzene rings is 2. The van der Waals surface area contributed by atoms with Gasteiger partial charge in [-0.3, -0.25) is 10.1 Å². The van der Waals surface area contributed by atoms with Crippen molar-refractivity contribution in [1.82, 2.24) is 20.0 Å². The monoisotopic (exact) mass is 360 g/mol. The highest BCUT2D eigenvalue weighted by atomic mass is 16.6. The minimum absolute atomic E-state index is 0.0497. The summed E-state index contributed by atoms with van der Waals surface area (Å²) in [5.74, 6) is 0.529. The zero-order chi connectivity index (χ0) is 18.6. The van der Waals surface area contributed by atoms with Crippen molar-refractivity contribution in [1.29, 1.82) is 0 Å². The first kappa shape index (κ1) is 16.6. The summed E-state index contributed by atoms with van der Waals surface area (Å²) in [5, 5.41) is 22.7. The van der Waals surface area contributed by atoms with Gasteiger partial charge in [-0.2, -0.15) is 0 Å². The SMILES string of the molecule is O=[N+]([O-])c1ccc(NC(Cc2ccccc2)n2nnc3ccccc32)nc1. The molecule has 8 nitrogen and oxygen atoms in total. The van der Waals surface area contributed by atoms with Crippen LogP contribution in [0.2, 0.25) is 0 Å². The maximum absolute atomic E-state index is 10.8. The molecule has 1 N–H and O–H groups in total. The standard InChI is InChI=1S/C19H16N6O2/c26-25(27)15-10-11-18(20-13-15)21-19(12-14-6-2-1-3-7-14)24-17-9-5-4-8-16(17)22-23-24/h1-11,13,19H,12H2,(H,20,21). The topological polar surface area (TPSA) is 98.8 Å². The van der Waals surface area contributed by atoms with E-state index < -0.39 is 4.92 Å². The minimum Gasteiger partial charge on any atom is -0.348 e. The number of nitrogens with zero attached hydrogens (tertiary/aromatic N) is 5. The highest BCUT2D eigenvalue weighted by Gasteiger charge is 2.17. The second-order valence-electron chi connectivity index (χ2n) is 6.03. The summed E-state index contributed by atoms with van der Waals surface area (Å²) >= 11 is 0. The van der Waals surface area contributed by atoms with Crippen molar-refractivity contribution in [3.05, 3.63) is 88.6 Å². The number of hydrogen-bond acceptors (Lipinski definition) is 6. The van der Waals surface area contributed by atoms with Gasteiger partial charge in [-0.25, -0.2) is 9.67 Å². The summed E-state index contributed by atoms with van der Waals surface area (Å²) in [6.07, 6.45) is 1.63. The maximum atomic E-state index is 10.8. The van der Waals surface area contributed by atoms with Crippen molar-refractivity contribution < 1.29 is 4.92 Å². The van der Waals surface area contributed by atoms with Crippen LogP contribution in [0, 0.1) is 10.1 Å². The average molecular weight is 360 g/mol. The van der Waals surface area contributed by atoms with Gasteiger partial charge in [-0.15, -0.1) is 5.10 Å². The average Bonchev–Trinajstić information content (AvgIpc) is 3.13. The number of hydrogen-bond donors (Lipinski definition) is 1. The summed E-state index contributed by atoms with van der Waals surface area (Å²) in [7, 11) is 0. The van der Waals surface area contributed by atoms with E-state index in [-0.39, 0.29) is 11.9 Å². The second kappa shape index (κ2) is 7.20. The fourth-order valence-corrected chi connectivity index (χ4v) is 2.90. The first-order valence-corrected chi connectivity index (χ1v) is 8.41. The first-order valence-electron chi connectivity index (χ1n) is 8.41. The molecule has 27 heavy (non-hydrogen) atoms. The van der Waals surface area contributed by atoms with Gasteiger partial charge in [0.05, 0.1) is 10.4 Å². The third-order valence-electron chi connectivity index (χ3n) is 4.22. The number of rotatable bonds is 6. The van der Waals surface area contributed by atoms with Gasteiger partial charge in [-0.05, 0) is 23.8 Å². The Bertz CT molecular complexity index is 1060. The fourth-order valence-electron chi connectivity index (χ4n) is 2.90. The Morgan fingerprint density at radius 3 is 2.56 bits per heavy atom. The largest absolute Gasteiger partial charge is 0.348 e. The minimum atomic E-state index is -0.469. The van der Waals surface area contributed by atoms with E-state index in [9.17, 15) is 10.1 Å². The van der Waals surface area contributed by atoms with E-state index in [1.807, 2.05) is 59.3 Å². The van der Waals surface area contributed by atoms with E-state index in [1.54, 1.807) is 6.07 Å². The number of para-hydroxylation sites is 1. The lowest BCUT2D eigenvalue weighted by atomic mass is 10.1. The zero-order valence-electron chi connectivity index (χ0n) is 14.3. The molecule has 0 amide bonds. The number of nitrogens with one attached hydrogen (secondary N) is 1. The van der Waals surface area contributed by atoms with Crippen molar-refractivity contribution in [3.63, 3.8) is 0 Å². The van der Waals surface area contributed by atoms with Crippen molar-refractivity contribution in [2.24, 2.45) is 0 Å². The molecular weight excluding hydrogens is 344 g/mol. The number of fused-ring (bicyclic) bond motifs is 1. The molecule has 1 atom stereocenters. The Labute approximate surface area is 154 Å². The molecule has 0 saturated carbocycles. The normalized spacial score (nSPS) is 12.0. The van der Waals surface area contributed by atoms with Crippen LogP contribution in [-0.4, -0.2) is 24.9 Å². The molecule has 2 heterocycles. The summed E-state index contributed by atoms with van der Waals surface area (Å²) in [6.45, 7) is 0. The van der Waals surface area contributed by atoms with Crippen molar-refractivity contribution >= 4 is 22.5 Å². The second-order valence-corrected chi connectivity index (χ2v) is 6.03. The zero-order valence-corrected chi connectivity index (χ0v) is 14.3. The van der Waals surface area contributed by atoms with Gasteiger partial charge in [0.25, 0.3) is 5.69 Å². The van der Waals surface area contributed by atoms with Crippen molar-refractivity contribution in [3.8, 4) is 0 Å². The lowest BCUT2D eigenvalue weighted by molar-refractivity contribution is -0.385. The molecule has 0 aliphatic heterocycles. The van der Waals surface area contributed by atoms with Crippen molar-refractivity contribution in [2.75, 3.05) is 5.32 Å². The third kappa shape index (κ3) is 3.59. The molecule has 0 radical (unpaired) electrons. The van der Waals surface area contributed by atoms with Crippen LogP contribution >= 0.6 is 0 Å². The Morgan fingerprint density at radius 2 is 1.81 bits per heavy atom. The molecule has 2 aromatic heterocycles. The third-order valence-corrected chi connectivity index (χ3v) is 4.22. The van der Waals surface area contributed by atoms with Crippen LogP contribution in [0.3, 0.4) is 0 Å². The predicted octanol–water partition coefficient (Wildman–Crippen LogP) is 3.59. The first-order chi connectivity index (χ1) is 13.2. The molecule has 4 rings (SSSR count). The molecule has 8 heteroatoms. The number of pyridine rings is 1. The summed E-state index contributed by atoms with van der Waals surface area (Å²) in [6, 6.07) is 20.7. The summed E-state index contributed by atoms with van der Waals surface area (Å²) in [5.41, 5.74) is 2.77. The predicted molar refractivity (Wildman–Crippen MR) is 101 cm³/mol. The van der Waals surface area contributed by atoms with Gasteiger partial charge in [0.2, 0.25) is 0 Å². The van der Waals surface area contributed by atoms with Gasteiger partial charge >= 0.3 is 0 Å². The molecule has 0 saturated heterocycles. The van der Waals surface area contributed by atoms with E-state index >= 15 is 0 Å². The van der Waals surface area contributed by atoms with Crippen LogP contribution in [0.1, 0.15) is 11.7 Å². The Morgan fingerprint density at radius 1 is 1.04 bits per heavy atom. The number of aromatic nitrogens is 4. The van der Waals surface area contributed by atoms with E-state index in [0.717, 1.165) is 16.6 Å². The molecule has 2 aromatic carbocycles. The molecule has 0 fully saturated rings. The molecule has 1 unspecified atom stereocenters. The number of anilines is 1. The molecule has 4 aromatic rings. The molecule has 0 spiro atoms. The van der Waals surface area contributed by atoms with Crippen LogP contribution in [0.4, 0.5) is 11.5 Å². The van der Waals surface area contributed by atoms with Gasteiger partial charge < -0.3 is 5.32 Å². The molecule has 134 valence electrons. The number of nitro groups is 1. The maximum Gasteiger partial charge on any atom is 0.287 e. The van der Waals surface area contributed by atoms with Crippen LogP contribution in [0.5, 0.6) is 0 Å². The fraction of sp³-hybridized carbons (Fsp3) is 0.105. The lowest BCUT2D eigenvalue weighted by Gasteiger charge is -2.20. The Hall–Kier alpha value is -3.81. The van der Waals surface area contributed by atoms with Crippen LogP contribution in [0.15, 0.2) is 72.9 Å². The van der Waals surface area contributed by atoms with E-state index in [1.165, 1.54) is 12.3 Å². The summed E-state index contributed by atoms with van der Waals surface area (Å²) in [4.78, 5) is 14.5. The quantitative estimate of drug-likeness (QED) is 0.417. The highest BCUT2D eigenvalue weighted by molar-refractivity contribution is 5.74. The highest BCUT2D eigenvalue weighted by Crippen LogP contribution is 2.22. The van der Waals surface area contributed by atoms with Gasteiger partial charge in [0.15, 0.2) is 0 Å². The van der Waals surface area contributed by atoms with Crippen LogP contribution in [0.25, 0.3) is 11.0 Å². The summed E-state index contributed by atoms with van der Waals surface area (Å²) < 4.78 is 1.81. The Balaban J connectivity index is 1.68. The lowest BCUT2D eigenvalue weighted by Crippen LogP contribution is -2.22. The van der Waals surface area contributed by atoms with Crippen LogP contribution in [-0.2, 0) is 6.42 Å². The van der Waals surface area contributed by atoms with Gasteiger partial charge in [0, 0.05) is 12.5 Å². The molecular formula is C19H16N6O2. The van der Waals surface area contributed by atoms with E-state index in [0.29, 0.717) is 12.2 Å². The molecule has 0 aliphatic rings. The molecule has 0 aliphatic carbocycles. The van der Waals surface area contributed by atoms with Crippen molar-refractivity contribution in [2.45, 2.75) is 12.6 Å². The van der Waals surface area contributed by atoms with Crippen LogP contribution < -0.4 is 5.32 Å². The molecule has 0 bridgehead atoms. The van der Waals surface area contributed by atoms with E-state index in [2.05, 4.69) is 20.6 Å². The van der Waals surface area contributed by atoms with Gasteiger partial charge in [-0.1, -0.05) is 47.7 Å². The van der Waals surface area contributed by atoms with Gasteiger partial charge in [0.1, 0.15) is 23.7 Å². The Kier molecular flexibility index (Phi) is 4.44. The smallest absolute Gasteiger partial charge is 0.287 e. The van der Waals surface area contributed by atoms with E-state index in [4.69, 9.17) is 0 Å².